The third-order valence-corrected chi connectivity index (χ3v) is 2.99. The summed E-state index contributed by atoms with van der Waals surface area (Å²) in [6, 6.07) is 11.2. The molecule has 0 radical (unpaired) electrons. The number of aromatic nitrogens is 1. The summed E-state index contributed by atoms with van der Waals surface area (Å²) in [6.45, 7) is 0.815. The van der Waals surface area contributed by atoms with Gasteiger partial charge in [0.25, 0.3) is 5.56 Å². The Balaban J connectivity index is 1.92. The number of benzene rings is 1. The maximum atomic E-state index is 12.6. The Labute approximate surface area is 120 Å². The van der Waals surface area contributed by atoms with Crippen LogP contribution < -0.4 is 10.9 Å². The van der Waals surface area contributed by atoms with E-state index in [2.05, 4.69) is 5.32 Å². The van der Waals surface area contributed by atoms with E-state index < -0.39 is 17.3 Å². The fraction of sp³-hybridized carbons (Fsp3) is 0.267. The molecule has 1 N–H and O–H groups in total. The third kappa shape index (κ3) is 4.37. The van der Waals surface area contributed by atoms with Gasteiger partial charge in [-0.05, 0) is 24.6 Å². The number of anilines is 1. The van der Waals surface area contributed by atoms with Gasteiger partial charge in [-0.3, -0.25) is 4.79 Å². The lowest BCUT2D eigenvalue weighted by molar-refractivity contribution is -0.138. The highest BCUT2D eigenvalue weighted by atomic mass is 19.4. The van der Waals surface area contributed by atoms with Crippen LogP contribution in [0.1, 0.15) is 12.0 Å². The van der Waals surface area contributed by atoms with E-state index in [0.717, 1.165) is 28.6 Å². The van der Waals surface area contributed by atoms with E-state index >= 15 is 0 Å². The van der Waals surface area contributed by atoms with Crippen LogP contribution >= 0.6 is 0 Å². The van der Waals surface area contributed by atoms with Crippen LogP contribution in [0.15, 0.2) is 53.5 Å². The summed E-state index contributed by atoms with van der Waals surface area (Å²) < 4.78 is 38.8. The van der Waals surface area contributed by atoms with E-state index in [-0.39, 0.29) is 6.54 Å². The van der Waals surface area contributed by atoms with Crippen LogP contribution in [0.25, 0.3) is 0 Å². The maximum absolute atomic E-state index is 12.6. The van der Waals surface area contributed by atoms with Gasteiger partial charge in [-0.15, -0.1) is 0 Å². The predicted octanol–water partition coefficient (Wildman–Crippen LogP) is 3.37. The molecule has 0 fully saturated rings. The topological polar surface area (TPSA) is 34.0 Å². The molecule has 0 spiro atoms. The monoisotopic (exact) mass is 296 g/mol. The van der Waals surface area contributed by atoms with E-state index in [0.29, 0.717) is 13.0 Å². The van der Waals surface area contributed by atoms with Gasteiger partial charge in [0.1, 0.15) is 0 Å². The van der Waals surface area contributed by atoms with E-state index in [1.54, 1.807) is 0 Å². The van der Waals surface area contributed by atoms with Crippen LogP contribution in [-0.4, -0.2) is 11.1 Å². The summed E-state index contributed by atoms with van der Waals surface area (Å²) in [5.74, 6) is 0. The fourth-order valence-corrected chi connectivity index (χ4v) is 1.91. The van der Waals surface area contributed by atoms with Crippen LogP contribution in [0.3, 0.4) is 0 Å². The van der Waals surface area contributed by atoms with Crippen molar-refractivity contribution < 1.29 is 13.2 Å². The smallest absolute Gasteiger partial charge is 0.385 e. The molecule has 0 amide bonds. The molecule has 0 bridgehead atoms. The first-order valence-corrected chi connectivity index (χ1v) is 6.53. The molecule has 1 aromatic heterocycles. The molecule has 112 valence electrons. The standard InChI is InChI=1S/C15H15F3N2O/c16-15(17,18)12-7-8-14(21)20(11-12)10-4-9-19-13-5-2-1-3-6-13/h1-3,5-8,11,19H,4,9-10H2. The van der Waals surface area contributed by atoms with Crippen LogP contribution in [0.5, 0.6) is 0 Å². The van der Waals surface area contributed by atoms with Crippen molar-refractivity contribution in [2.24, 2.45) is 0 Å². The number of aryl methyl sites for hydroxylation is 1. The van der Waals surface area contributed by atoms with Crippen molar-refractivity contribution in [1.82, 2.24) is 4.57 Å². The first-order valence-electron chi connectivity index (χ1n) is 6.53. The Morgan fingerprint density at radius 3 is 2.43 bits per heavy atom. The SMILES string of the molecule is O=c1ccc(C(F)(F)F)cn1CCCNc1ccccc1. The highest BCUT2D eigenvalue weighted by Gasteiger charge is 2.30. The van der Waals surface area contributed by atoms with Gasteiger partial charge in [0, 0.05) is 31.0 Å². The van der Waals surface area contributed by atoms with Gasteiger partial charge < -0.3 is 9.88 Å². The van der Waals surface area contributed by atoms with Crippen LogP contribution in [0.4, 0.5) is 18.9 Å². The summed E-state index contributed by atoms with van der Waals surface area (Å²) in [5, 5.41) is 3.14. The zero-order valence-corrected chi connectivity index (χ0v) is 11.2. The van der Waals surface area contributed by atoms with Crippen LogP contribution in [0.2, 0.25) is 0 Å². The van der Waals surface area contributed by atoms with Crippen molar-refractivity contribution in [2.45, 2.75) is 19.1 Å². The molecule has 0 unspecified atom stereocenters. The highest BCUT2D eigenvalue weighted by molar-refractivity contribution is 5.42. The van der Waals surface area contributed by atoms with Crippen molar-refractivity contribution in [1.29, 1.82) is 0 Å². The Bertz CT molecular complexity index is 635. The van der Waals surface area contributed by atoms with Gasteiger partial charge in [0.05, 0.1) is 5.56 Å². The van der Waals surface area contributed by atoms with E-state index in [9.17, 15) is 18.0 Å². The largest absolute Gasteiger partial charge is 0.417 e. The Kier molecular flexibility index (Phi) is 4.67. The molecule has 0 saturated carbocycles. The van der Waals surface area contributed by atoms with Gasteiger partial charge >= 0.3 is 6.18 Å². The molecule has 3 nitrogen and oxygen atoms in total. The average molecular weight is 296 g/mol. The summed E-state index contributed by atoms with van der Waals surface area (Å²) in [4.78, 5) is 11.5. The van der Waals surface area contributed by atoms with Gasteiger partial charge in [0.2, 0.25) is 0 Å². The first kappa shape index (κ1) is 15.2. The number of para-hydroxylation sites is 1. The lowest BCUT2D eigenvalue weighted by Gasteiger charge is -2.11. The number of alkyl halides is 3. The lowest BCUT2D eigenvalue weighted by Crippen LogP contribution is -2.22. The van der Waals surface area contributed by atoms with E-state index in [1.165, 1.54) is 0 Å². The Morgan fingerprint density at radius 2 is 1.76 bits per heavy atom. The van der Waals surface area contributed by atoms with Gasteiger partial charge in [-0.25, -0.2) is 0 Å². The lowest BCUT2D eigenvalue weighted by atomic mass is 10.2. The van der Waals surface area contributed by atoms with E-state index in [4.69, 9.17) is 0 Å². The molecule has 2 aromatic rings. The second-order valence-electron chi connectivity index (χ2n) is 4.59. The number of halogens is 3. The summed E-state index contributed by atoms with van der Waals surface area (Å²) in [5.41, 5.74) is -0.297. The number of nitrogens with one attached hydrogen (secondary N) is 1. The quantitative estimate of drug-likeness (QED) is 0.858. The molecule has 6 heteroatoms. The zero-order valence-electron chi connectivity index (χ0n) is 11.2. The molecule has 0 atom stereocenters. The van der Waals surface area contributed by atoms with Crippen molar-refractivity contribution >= 4 is 5.69 Å². The average Bonchev–Trinajstić information content (AvgIpc) is 2.45. The molecule has 1 heterocycles. The minimum Gasteiger partial charge on any atom is -0.385 e. The predicted molar refractivity (Wildman–Crippen MR) is 75.3 cm³/mol. The normalized spacial score (nSPS) is 11.4. The number of nitrogens with zero attached hydrogens (tertiary/aromatic N) is 1. The molecule has 0 aliphatic heterocycles. The number of rotatable bonds is 5. The van der Waals surface area contributed by atoms with Gasteiger partial charge in [-0.1, -0.05) is 18.2 Å². The van der Waals surface area contributed by atoms with Crippen LogP contribution in [0, 0.1) is 0 Å². The van der Waals surface area contributed by atoms with Gasteiger partial charge in [0.15, 0.2) is 0 Å². The van der Waals surface area contributed by atoms with Crippen molar-refractivity contribution in [2.75, 3.05) is 11.9 Å². The minimum absolute atomic E-state index is 0.239. The molecular formula is C15H15F3N2O. The summed E-state index contributed by atoms with van der Waals surface area (Å²) in [7, 11) is 0. The Morgan fingerprint density at radius 1 is 1.05 bits per heavy atom. The first-order chi connectivity index (χ1) is 9.97. The number of hydrogen-bond donors (Lipinski definition) is 1. The van der Waals surface area contributed by atoms with Crippen molar-refractivity contribution in [3.63, 3.8) is 0 Å². The Hall–Kier alpha value is -2.24. The molecule has 21 heavy (non-hydrogen) atoms. The van der Waals surface area contributed by atoms with Crippen molar-refractivity contribution in [3.05, 3.63) is 64.6 Å². The molecule has 0 saturated heterocycles. The summed E-state index contributed by atoms with van der Waals surface area (Å²) in [6.07, 6.45) is -3.02. The highest BCUT2D eigenvalue weighted by Crippen LogP contribution is 2.27. The summed E-state index contributed by atoms with van der Waals surface area (Å²) >= 11 is 0. The molecule has 1 aromatic carbocycles. The maximum Gasteiger partial charge on any atom is 0.417 e. The fourth-order valence-electron chi connectivity index (χ4n) is 1.91. The molecular weight excluding hydrogens is 281 g/mol. The van der Waals surface area contributed by atoms with E-state index in [1.807, 2.05) is 30.3 Å². The van der Waals surface area contributed by atoms with Gasteiger partial charge in [-0.2, -0.15) is 13.2 Å². The second-order valence-corrected chi connectivity index (χ2v) is 4.59. The number of hydrogen-bond acceptors (Lipinski definition) is 2. The second kappa shape index (κ2) is 6.47. The third-order valence-electron chi connectivity index (χ3n) is 2.99. The van der Waals surface area contributed by atoms with Crippen LogP contribution in [-0.2, 0) is 12.7 Å². The molecule has 2 rings (SSSR count). The zero-order chi connectivity index (χ0) is 15.3. The number of pyridine rings is 1. The molecule has 0 aliphatic carbocycles. The minimum atomic E-state index is -4.43. The molecule has 0 aliphatic rings. The van der Waals surface area contributed by atoms with Crippen molar-refractivity contribution in [3.8, 4) is 0 Å².